The van der Waals surface area contributed by atoms with Gasteiger partial charge in [0.1, 0.15) is 10.7 Å². The molecule has 0 atom stereocenters. The highest BCUT2D eigenvalue weighted by molar-refractivity contribution is 5.55. The number of pyridine rings is 1. The lowest BCUT2D eigenvalue weighted by atomic mass is 10.3. The zero-order valence-electron chi connectivity index (χ0n) is 17.1. The number of aryl methyl sites for hydroxylation is 1. The molecule has 0 radical (unpaired) electrons. The molecule has 6 rings (SSSR count). The smallest absolute Gasteiger partial charge is 0.209 e. The lowest BCUT2D eigenvalue weighted by Gasteiger charge is -2.02. The SMILES string of the molecule is Cc1cccc[n+]1-n1c2ccc1=Cc1ccc([nH]1)C=c1ccc([nH]1)=Cc1ccc([nH]1)C=2. The molecule has 150 valence electrons. The van der Waals surface area contributed by atoms with Crippen LogP contribution in [0.25, 0.3) is 24.3 Å². The second kappa shape index (κ2) is 6.92. The summed E-state index contributed by atoms with van der Waals surface area (Å²) in [4.78, 5) is 10.5. The first kappa shape index (κ1) is 17.6. The fourth-order valence-corrected chi connectivity index (χ4v) is 4.12. The molecule has 0 saturated heterocycles. The van der Waals surface area contributed by atoms with E-state index in [4.69, 9.17) is 0 Å². The van der Waals surface area contributed by atoms with Crippen molar-refractivity contribution in [1.82, 2.24) is 19.6 Å². The first-order chi connectivity index (χ1) is 15.2. The van der Waals surface area contributed by atoms with Crippen LogP contribution in [0.4, 0.5) is 0 Å². The predicted octanol–water partition coefficient (Wildman–Crippen LogP) is 1.01. The maximum Gasteiger partial charge on any atom is 0.209 e. The number of rotatable bonds is 1. The zero-order valence-corrected chi connectivity index (χ0v) is 17.1. The Bertz CT molecular complexity index is 1550. The lowest BCUT2D eigenvalue weighted by Crippen LogP contribution is -2.55. The van der Waals surface area contributed by atoms with Crippen LogP contribution >= 0.6 is 0 Å². The Kier molecular flexibility index (Phi) is 3.93. The van der Waals surface area contributed by atoms with Gasteiger partial charge in [0.15, 0.2) is 0 Å². The summed E-state index contributed by atoms with van der Waals surface area (Å²) in [7, 11) is 0. The summed E-state index contributed by atoms with van der Waals surface area (Å²) in [5.74, 6) is 0. The van der Waals surface area contributed by atoms with Crippen LogP contribution in [0.2, 0.25) is 0 Å². The van der Waals surface area contributed by atoms with E-state index in [0.29, 0.717) is 0 Å². The van der Waals surface area contributed by atoms with Crippen LogP contribution in [0.15, 0.2) is 72.9 Å². The van der Waals surface area contributed by atoms with Gasteiger partial charge < -0.3 is 15.0 Å². The maximum absolute atomic E-state index is 3.51. The monoisotopic (exact) mass is 404 g/mol. The number of aromatic nitrogens is 5. The van der Waals surface area contributed by atoms with E-state index in [1.165, 1.54) is 0 Å². The number of nitrogens with one attached hydrogen (secondary N) is 3. The molecular formula is C26H22N5+. The molecule has 1 aliphatic heterocycles. The van der Waals surface area contributed by atoms with Crippen molar-refractivity contribution in [3.05, 3.63) is 123 Å². The third kappa shape index (κ3) is 3.26. The van der Waals surface area contributed by atoms with E-state index in [1.807, 2.05) is 0 Å². The molecular weight excluding hydrogens is 382 g/mol. The van der Waals surface area contributed by atoms with Gasteiger partial charge in [0, 0.05) is 52.5 Å². The first-order valence-corrected chi connectivity index (χ1v) is 10.4. The van der Waals surface area contributed by atoms with Crippen molar-refractivity contribution >= 4 is 24.3 Å². The molecule has 6 heterocycles. The van der Waals surface area contributed by atoms with Crippen LogP contribution in [-0.2, 0) is 0 Å². The van der Waals surface area contributed by atoms with Gasteiger partial charge in [-0.05, 0) is 78.9 Å². The van der Waals surface area contributed by atoms with Crippen molar-refractivity contribution < 1.29 is 4.68 Å². The second-order valence-corrected chi connectivity index (χ2v) is 7.87. The molecule has 5 aromatic heterocycles. The summed E-state index contributed by atoms with van der Waals surface area (Å²) in [5.41, 5.74) is 5.38. The van der Waals surface area contributed by atoms with Crippen LogP contribution < -0.4 is 26.1 Å². The Morgan fingerprint density at radius 3 is 1.68 bits per heavy atom. The minimum Gasteiger partial charge on any atom is -0.355 e. The largest absolute Gasteiger partial charge is 0.355 e. The van der Waals surface area contributed by atoms with Crippen LogP contribution in [-0.4, -0.2) is 19.6 Å². The van der Waals surface area contributed by atoms with Gasteiger partial charge in [-0.2, -0.15) is 0 Å². The van der Waals surface area contributed by atoms with E-state index in [1.54, 1.807) is 0 Å². The summed E-state index contributed by atoms with van der Waals surface area (Å²) < 4.78 is 4.40. The van der Waals surface area contributed by atoms with Gasteiger partial charge in [0.25, 0.3) is 0 Å². The molecule has 8 bridgehead atoms. The molecule has 1 aliphatic rings. The highest BCUT2D eigenvalue weighted by Crippen LogP contribution is 2.05. The van der Waals surface area contributed by atoms with Crippen LogP contribution in [0.1, 0.15) is 28.5 Å². The topological polar surface area (TPSA) is 56.2 Å². The van der Waals surface area contributed by atoms with Crippen molar-refractivity contribution in [3.8, 4) is 0 Å². The fraction of sp³-hybridized carbons (Fsp3) is 0.0385. The number of fused-ring (bicyclic) bond motifs is 8. The summed E-state index contributed by atoms with van der Waals surface area (Å²) in [6.45, 7) is 2.12. The summed E-state index contributed by atoms with van der Waals surface area (Å²) in [6, 6.07) is 23.2. The highest BCUT2D eigenvalue weighted by Gasteiger charge is 2.11. The molecule has 0 saturated carbocycles. The second-order valence-electron chi connectivity index (χ2n) is 7.87. The van der Waals surface area contributed by atoms with Crippen LogP contribution in [0.3, 0.4) is 0 Å². The molecule has 5 nitrogen and oxygen atoms in total. The number of hydrogen-bond donors (Lipinski definition) is 3. The van der Waals surface area contributed by atoms with Gasteiger partial charge in [0.05, 0.1) is 0 Å². The van der Waals surface area contributed by atoms with Gasteiger partial charge in [-0.3, -0.25) is 0 Å². The van der Waals surface area contributed by atoms with Gasteiger partial charge in [0.2, 0.25) is 11.9 Å². The average molecular weight is 404 g/mol. The number of aromatic amines is 3. The number of nitrogens with zero attached hydrogens (tertiary/aromatic N) is 2. The van der Waals surface area contributed by atoms with Crippen molar-refractivity contribution in [2.45, 2.75) is 6.92 Å². The molecule has 0 spiro atoms. The Labute approximate surface area is 178 Å². The van der Waals surface area contributed by atoms with E-state index in [9.17, 15) is 0 Å². The molecule has 0 aliphatic carbocycles. The Balaban J connectivity index is 1.68. The minimum absolute atomic E-state index is 1.05. The van der Waals surface area contributed by atoms with Gasteiger partial charge in [-0.15, -0.1) is 4.68 Å². The van der Waals surface area contributed by atoms with E-state index in [0.717, 1.165) is 49.9 Å². The molecule has 5 heteroatoms. The van der Waals surface area contributed by atoms with Crippen molar-refractivity contribution in [2.75, 3.05) is 0 Å². The average Bonchev–Trinajstić information content (AvgIpc) is 3.54. The van der Waals surface area contributed by atoms with E-state index in [-0.39, 0.29) is 0 Å². The molecule has 3 N–H and O–H groups in total. The highest BCUT2D eigenvalue weighted by atomic mass is 15.4. The number of hydrogen-bond acceptors (Lipinski definition) is 0. The van der Waals surface area contributed by atoms with Crippen molar-refractivity contribution in [2.24, 2.45) is 0 Å². The van der Waals surface area contributed by atoms with Gasteiger partial charge in [-0.1, -0.05) is 4.68 Å². The molecule has 5 aromatic rings. The zero-order chi connectivity index (χ0) is 20.8. The molecule has 0 fully saturated rings. The third-order valence-electron chi connectivity index (χ3n) is 5.59. The third-order valence-corrected chi connectivity index (χ3v) is 5.59. The maximum atomic E-state index is 3.51. The minimum atomic E-state index is 1.05. The van der Waals surface area contributed by atoms with Crippen molar-refractivity contribution in [3.63, 3.8) is 0 Å². The molecule has 0 amide bonds. The summed E-state index contributed by atoms with van der Waals surface area (Å²) >= 11 is 0. The summed E-state index contributed by atoms with van der Waals surface area (Å²) in [5, 5.41) is 4.30. The van der Waals surface area contributed by atoms with Gasteiger partial charge in [-0.25, -0.2) is 0 Å². The van der Waals surface area contributed by atoms with Gasteiger partial charge >= 0.3 is 0 Å². The molecule has 0 unspecified atom stereocenters. The van der Waals surface area contributed by atoms with E-state index < -0.39 is 0 Å². The normalized spacial score (nSPS) is 12.4. The quantitative estimate of drug-likeness (QED) is 0.343. The number of H-pyrrole nitrogens is 3. The predicted molar refractivity (Wildman–Crippen MR) is 122 cm³/mol. The van der Waals surface area contributed by atoms with Crippen LogP contribution in [0.5, 0.6) is 0 Å². The Morgan fingerprint density at radius 2 is 1.13 bits per heavy atom. The first-order valence-electron chi connectivity index (χ1n) is 10.4. The molecule has 0 aromatic carbocycles. The van der Waals surface area contributed by atoms with Crippen molar-refractivity contribution in [1.29, 1.82) is 0 Å². The lowest BCUT2D eigenvalue weighted by molar-refractivity contribution is -0.736. The Hall–Kier alpha value is -4.25. The standard InChI is InChI=1S/C26H22N5/c1-18-4-2-3-13-30(18)31-25-11-12-26(31)17-24-10-8-22(29-24)15-20-6-5-19(27-20)14-21-7-9-23(16-25)28-21/h2-17,27-29H,1H3/q+1. The fourth-order valence-electron chi connectivity index (χ4n) is 4.12. The molecule has 31 heavy (non-hydrogen) atoms. The van der Waals surface area contributed by atoms with Crippen LogP contribution in [0, 0.1) is 6.92 Å². The summed E-state index contributed by atoms with van der Waals surface area (Å²) in [6.07, 6.45) is 10.7. The van der Waals surface area contributed by atoms with E-state index >= 15 is 0 Å². The Morgan fingerprint density at radius 1 is 0.581 bits per heavy atom. The van der Waals surface area contributed by atoms with E-state index in [2.05, 4.69) is 128 Å².